The summed E-state index contributed by atoms with van der Waals surface area (Å²) in [4.78, 5) is 13.1. The lowest BCUT2D eigenvalue weighted by Gasteiger charge is -2.18. The molecule has 1 aromatic carbocycles. The van der Waals surface area contributed by atoms with Gasteiger partial charge in [-0.1, -0.05) is 11.6 Å². The van der Waals surface area contributed by atoms with Gasteiger partial charge in [-0.2, -0.15) is 0 Å². The molecule has 0 fully saturated rings. The van der Waals surface area contributed by atoms with E-state index in [0.29, 0.717) is 5.56 Å². The number of amides is 1. The van der Waals surface area contributed by atoms with Gasteiger partial charge < -0.3 is 10.0 Å². The number of benzene rings is 1. The normalized spacial score (nSPS) is 12.3. The van der Waals surface area contributed by atoms with Crippen LogP contribution in [0.15, 0.2) is 18.2 Å². The summed E-state index contributed by atoms with van der Waals surface area (Å²) in [5.74, 6) is -0.862. The van der Waals surface area contributed by atoms with Crippen LogP contribution in [0, 0.1) is 5.82 Å². The molecular formula is C11H13ClFNO2. The molecular weight excluding hydrogens is 233 g/mol. The Hall–Kier alpha value is -1.13. The number of hydrogen-bond acceptors (Lipinski definition) is 2. The fraction of sp³-hybridized carbons (Fsp3) is 0.364. The van der Waals surface area contributed by atoms with Gasteiger partial charge in [-0.05, 0) is 25.1 Å². The first-order valence-corrected chi connectivity index (χ1v) is 5.18. The lowest BCUT2D eigenvalue weighted by atomic mass is 10.2. The molecule has 0 spiro atoms. The van der Waals surface area contributed by atoms with Gasteiger partial charge in [0.25, 0.3) is 5.91 Å². The van der Waals surface area contributed by atoms with Crippen LogP contribution in [0.3, 0.4) is 0 Å². The molecule has 5 heteroatoms. The highest BCUT2D eigenvalue weighted by Gasteiger charge is 2.14. The zero-order valence-corrected chi connectivity index (χ0v) is 9.83. The minimum atomic E-state index is -0.607. The molecule has 0 aromatic heterocycles. The second kappa shape index (κ2) is 5.27. The number of rotatable bonds is 3. The highest BCUT2D eigenvalue weighted by atomic mass is 35.5. The monoisotopic (exact) mass is 245 g/mol. The van der Waals surface area contributed by atoms with Crippen LogP contribution in [-0.4, -0.2) is 35.6 Å². The van der Waals surface area contributed by atoms with Gasteiger partial charge in [-0.15, -0.1) is 0 Å². The molecule has 1 unspecified atom stereocenters. The number of hydrogen-bond donors (Lipinski definition) is 1. The molecule has 0 heterocycles. The van der Waals surface area contributed by atoms with Crippen molar-refractivity contribution in [2.45, 2.75) is 13.0 Å². The summed E-state index contributed by atoms with van der Waals surface area (Å²) < 4.78 is 12.9. The predicted molar refractivity (Wildman–Crippen MR) is 60.1 cm³/mol. The van der Waals surface area contributed by atoms with Crippen molar-refractivity contribution in [3.63, 3.8) is 0 Å². The van der Waals surface area contributed by atoms with Crippen molar-refractivity contribution in [3.05, 3.63) is 34.6 Å². The molecule has 1 atom stereocenters. The smallest absolute Gasteiger partial charge is 0.253 e. The first-order valence-electron chi connectivity index (χ1n) is 4.80. The van der Waals surface area contributed by atoms with Gasteiger partial charge >= 0.3 is 0 Å². The van der Waals surface area contributed by atoms with Crippen LogP contribution >= 0.6 is 11.6 Å². The predicted octanol–water partition coefficient (Wildman–Crippen LogP) is 1.93. The lowest BCUT2D eigenvalue weighted by Crippen LogP contribution is -2.33. The maximum absolute atomic E-state index is 12.9. The summed E-state index contributed by atoms with van der Waals surface area (Å²) in [6, 6.07) is 3.78. The van der Waals surface area contributed by atoms with Gasteiger partial charge in [-0.3, -0.25) is 4.79 Å². The van der Waals surface area contributed by atoms with Crippen molar-refractivity contribution >= 4 is 17.5 Å². The van der Waals surface area contributed by atoms with E-state index in [0.717, 1.165) is 6.07 Å². The van der Waals surface area contributed by atoms with Gasteiger partial charge in [0.2, 0.25) is 0 Å². The number of aliphatic hydroxyl groups is 1. The Morgan fingerprint density at radius 3 is 2.75 bits per heavy atom. The Balaban J connectivity index is 2.84. The van der Waals surface area contributed by atoms with E-state index in [4.69, 9.17) is 16.7 Å². The van der Waals surface area contributed by atoms with Gasteiger partial charge in [0.05, 0.1) is 11.1 Å². The molecule has 1 rings (SSSR count). The van der Waals surface area contributed by atoms with Gasteiger partial charge in [0, 0.05) is 19.2 Å². The molecule has 0 aliphatic carbocycles. The Kier molecular flexibility index (Phi) is 4.26. The second-order valence-electron chi connectivity index (χ2n) is 3.66. The van der Waals surface area contributed by atoms with Crippen LogP contribution in [0.1, 0.15) is 17.3 Å². The molecule has 1 aromatic rings. The second-order valence-corrected chi connectivity index (χ2v) is 4.07. The third-order valence-electron chi connectivity index (χ3n) is 2.05. The summed E-state index contributed by atoms with van der Waals surface area (Å²) in [6.45, 7) is 1.80. The quantitative estimate of drug-likeness (QED) is 0.884. The van der Waals surface area contributed by atoms with E-state index in [-0.39, 0.29) is 17.5 Å². The minimum absolute atomic E-state index is 0.0868. The van der Waals surface area contributed by atoms with Crippen molar-refractivity contribution in [2.75, 3.05) is 13.6 Å². The zero-order valence-electron chi connectivity index (χ0n) is 9.08. The SMILES string of the molecule is CC(O)CN(C)C(=O)c1ccc(F)c(Cl)c1. The summed E-state index contributed by atoms with van der Waals surface area (Å²) in [6.07, 6.45) is -0.607. The Morgan fingerprint density at radius 1 is 1.62 bits per heavy atom. The van der Waals surface area contributed by atoms with Crippen molar-refractivity contribution < 1.29 is 14.3 Å². The zero-order chi connectivity index (χ0) is 12.3. The van der Waals surface area contributed by atoms with Crippen LogP contribution in [0.4, 0.5) is 4.39 Å². The number of carbonyl (C=O) groups excluding carboxylic acids is 1. The van der Waals surface area contributed by atoms with Crippen LogP contribution in [-0.2, 0) is 0 Å². The molecule has 1 N–H and O–H groups in total. The first kappa shape index (κ1) is 12.9. The highest BCUT2D eigenvalue weighted by molar-refractivity contribution is 6.31. The van der Waals surface area contributed by atoms with Crippen molar-refractivity contribution in [3.8, 4) is 0 Å². The molecule has 16 heavy (non-hydrogen) atoms. The lowest BCUT2D eigenvalue weighted by molar-refractivity contribution is 0.0703. The van der Waals surface area contributed by atoms with Crippen LogP contribution < -0.4 is 0 Å². The van der Waals surface area contributed by atoms with E-state index in [2.05, 4.69) is 0 Å². The van der Waals surface area contributed by atoms with E-state index in [1.807, 2.05) is 0 Å². The van der Waals surface area contributed by atoms with Crippen LogP contribution in [0.5, 0.6) is 0 Å². The first-order chi connectivity index (χ1) is 7.41. The van der Waals surface area contributed by atoms with Gasteiger partial charge in [0.15, 0.2) is 0 Å². The van der Waals surface area contributed by atoms with Crippen molar-refractivity contribution in [1.82, 2.24) is 4.90 Å². The molecule has 0 aliphatic heterocycles. The van der Waals surface area contributed by atoms with Crippen molar-refractivity contribution in [1.29, 1.82) is 0 Å². The molecule has 0 aliphatic rings. The maximum atomic E-state index is 12.9. The number of nitrogens with zero attached hydrogens (tertiary/aromatic N) is 1. The number of likely N-dealkylation sites (N-methyl/N-ethyl adjacent to an activating group) is 1. The topological polar surface area (TPSA) is 40.5 Å². The van der Waals surface area contributed by atoms with Gasteiger partial charge in [-0.25, -0.2) is 4.39 Å². The standard InChI is InChI=1S/C11H13ClFNO2/c1-7(15)6-14(2)11(16)8-3-4-10(13)9(12)5-8/h3-5,7,15H,6H2,1-2H3. The van der Waals surface area contributed by atoms with E-state index in [1.165, 1.54) is 17.0 Å². The molecule has 1 amide bonds. The van der Waals surface area contributed by atoms with E-state index < -0.39 is 11.9 Å². The van der Waals surface area contributed by atoms with E-state index in [9.17, 15) is 9.18 Å². The molecule has 88 valence electrons. The molecule has 0 radical (unpaired) electrons. The van der Waals surface area contributed by atoms with Crippen LogP contribution in [0.25, 0.3) is 0 Å². The average molecular weight is 246 g/mol. The van der Waals surface area contributed by atoms with Crippen molar-refractivity contribution in [2.24, 2.45) is 0 Å². The third-order valence-corrected chi connectivity index (χ3v) is 2.34. The third kappa shape index (κ3) is 3.18. The summed E-state index contributed by atoms with van der Waals surface area (Å²) in [5.41, 5.74) is 0.301. The van der Waals surface area contributed by atoms with Gasteiger partial charge in [0.1, 0.15) is 5.82 Å². The van der Waals surface area contributed by atoms with E-state index in [1.54, 1.807) is 14.0 Å². The number of aliphatic hydroxyl groups excluding tert-OH is 1. The molecule has 0 bridgehead atoms. The minimum Gasteiger partial charge on any atom is -0.392 e. The molecule has 3 nitrogen and oxygen atoms in total. The summed E-state index contributed by atoms with van der Waals surface area (Å²) in [5, 5.41) is 9.05. The largest absolute Gasteiger partial charge is 0.392 e. The Bertz CT molecular complexity index is 396. The highest BCUT2D eigenvalue weighted by Crippen LogP contribution is 2.17. The fourth-order valence-corrected chi connectivity index (χ4v) is 1.51. The summed E-state index contributed by atoms with van der Waals surface area (Å²) >= 11 is 5.57. The average Bonchev–Trinajstić information content (AvgIpc) is 2.20. The number of halogens is 2. The molecule has 0 saturated heterocycles. The Morgan fingerprint density at radius 2 is 2.25 bits per heavy atom. The van der Waals surface area contributed by atoms with Crippen LogP contribution in [0.2, 0.25) is 5.02 Å². The Labute approximate surface area is 98.4 Å². The summed E-state index contributed by atoms with van der Waals surface area (Å²) in [7, 11) is 1.56. The fourth-order valence-electron chi connectivity index (χ4n) is 1.33. The maximum Gasteiger partial charge on any atom is 0.253 e. The number of carbonyl (C=O) groups is 1. The molecule has 0 saturated carbocycles. The van der Waals surface area contributed by atoms with E-state index >= 15 is 0 Å².